The van der Waals surface area contributed by atoms with Crippen molar-refractivity contribution in [2.24, 2.45) is 0 Å². The maximum atomic E-state index is 11.9. The van der Waals surface area contributed by atoms with Crippen molar-refractivity contribution in [3.63, 3.8) is 0 Å². The van der Waals surface area contributed by atoms with Crippen LogP contribution in [-0.2, 0) is 11.3 Å². The zero-order valence-electron chi connectivity index (χ0n) is 13.3. The van der Waals surface area contributed by atoms with Crippen molar-refractivity contribution in [2.45, 2.75) is 13.5 Å². The van der Waals surface area contributed by atoms with Crippen LogP contribution in [0.2, 0.25) is 5.02 Å². The number of carbonyl (C=O) groups excluding carboxylic acids is 1. The number of rotatable bonds is 8. The first-order chi connectivity index (χ1) is 11.0. The molecule has 0 aliphatic heterocycles. The molecule has 2 aromatic rings. The molecule has 1 N–H and O–H groups in total. The van der Waals surface area contributed by atoms with Gasteiger partial charge in [0.15, 0.2) is 0 Å². The van der Waals surface area contributed by atoms with Gasteiger partial charge in [0, 0.05) is 16.4 Å². The van der Waals surface area contributed by atoms with E-state index in [1.807, 2.05) is 11.9 Å². The highest BCUT2D eigenvalue weighted by Gasteiger charge is 2.09. The number of nitrogens with zero attached hydrogens (tertiary/aromatic N) is 1. The predicted molar refractivity (Wildman–Crippen MR) is 95.3 cm³/mol. The molecule has 1 heterocycles. The van der Waals surface area contributed by atoms with Crippen LogP contribution in [0.4, 0.5) is 0 Å². The molecule has 1 amide bonds. The number of ether oxygens (including phenoxy) is 1. The fourth-order valence-electron chi connectivity index (χ4n) is 2.06. The van der Waals surface area contributed by atoms with E-state index in [0.717, 1.165) is 12.3 Å². The molecule has 2 rings (SSSR count). The molecular weight excluding hydrogens is 332 g/mol. The van der Waals surface area contributed by atoms with Crippen molar-refractivity contribution in [3.8, 4) is 5.75 Å². The molecule has 0 unspecified atom stereocenters. The predicted octanol–water partition coefficient (Wildman–Crippen LogP) is 3.34. The molecule has 0 radical (unpaired) electrons. The van der Waals surface area contributed by atoms with Crippen LogP contribution in [0.25, 0.3) is 0 Å². The van der Waals surface area contributed by atoms with E-state index in [2.05, 4.69) is 23.7 Å². The molecule has 0 aliphatic rings. The molecule has 124 valence electrons. The van der Waals surface area contributed by atoms with Crippen LogP contribution in [0.1, 0.15) is 10.4 Å². The summed E-state index contributed by atoms with van der Waals surface area (Å²) in [7, 11) is 1.95. The number of halogens is 1. The average Bonchev–Trinajstić information content (AvgIpc) is 2.90. The van der Waals surface area contributed by atoms with E-state index in [1.165, 1.54) is 10.4 Å². The van der Waals surface area contributed by atoms with Crippen LogP contribution in [0.3, 0.4) is 0 Å². The molecule has 0 bridgehead atoms. The summed E-state index contributed by atoms with van der Waals surface area (Å²) in [6.45, 7) is 4.17. The van der Waals surface area contributed by atoms with Gasteiger partial charge in [-0.05, 0) is 55.2 Å². The van der Waals surface area contributed by atoms with Crippen molar-refractivity contribution in [3.05, 3.63) is 51.2 Å². The first-order valence-electron chi connectivity index (χ1n) is 7.41. The van der Waals surface area contributed by atoms with E-state index < -0.39 is 0 Å². The van der Waals surface area contributed by atoms with Gasteiger partial charge >= 0.3 is 0 Å². The molecule has 1 aromatic heterocycles. The Hall–Kier alpha value is -1.56. The molecule has 0 fully saturated rings. The van der Waals surface area contributed by atoms with Crippen LogP contribution in [0, 0.1) is 6.92 Å². The van der Waals surface area contributed by atoms with Gasteiger partial charge in [-0.2, -0.15) is 0 Å². The van der Waals surface area contributed by atoms with Crippen LogP contribution in [0.5, 0.6) is 5.75 Å². The van der Waals surface area contributed by atoms with Crippen molar-refractivity contribution < 1.29 is 9.53 Å². The summed E-state index contributed by atoms with van der Waals surface area (Å²) in [5, 5.41) is 5.61. The normalized spacial score (nSPS) is 10.8. The van der Waals surface area contributed by atoms with Crippen molar-refractivity contribution >= 4 is 28.8 Å². The highest BCUT2D eigenvalue weighted by atomic mass is 35.5. The number of hydrogen-bond acceptors (Lipinski definition) is 4. The van der Waals surface area contributed by atoms with E-state index in [1.54, 1.807) is 35.6 Å². The fraction of sp³-hybridized carbons (Fsp3) is 0.353. The lowest BCUT2D eigenvalue weighted by Crippen LogP contribution is -2.36. The largest absolute Gasteiger partial charge is 0.492 e. The monoisotopic (exact) mass is 352 g/mol. The molecule has 4 nitrogen and oxygen atoms in total. The quantitative estimate of drug-likeness (QED) is 0.741. The van der Waals surface area contributed by atoms with Gasteiger partial charge in [-0.25, -0.2) is 0 Å². The summed E-state index contributed by atoms with van der Waals surface area (Å²) < 4.78 is 5.53. The van der Waals surface area contributed by atoms with Gasteiger partial charge in [0.2, 0.25) is 5.91 Å². The fourth-order valence-corrected chi connectivity index (χ4v) is 3.17. The first kappa shape index (κ1) is 17.8. The Bertz CT molecular complexity index is 628. The van der Waals surface area contributed by atoms with E-state index in [-0.39, 0.29) is 5.91 Å². The minimum absolute atomic E-state index is 0.00131. The van der Waals surface area contributed by atoms with Gasteiger partial charge in [0.05, 0.1) is 13.1 Å². The number of likely N-dealkylation sites (N-methyl/N-ethyl adjacent to an activating group) is 1. The molecule has 0 spiro atoms. The maximum absolute atomic E-state index is 11.9. The zero-order valence-corrected chi connectivity index (χ0v) is 14.9. The third kappa shape index (κ3) is 6.22. The molecule has 6 heteroatoms. The summed E-state index contributed by atoms with van der Waals surface area (Å²) in [5.74, 6) is 0.746. The third-order valence-corrected chi connectivity index (χ3v) is 4.56. The number of thiophene rings is 1. The minimum Gasteiger partial charge on any atom is -0.492 e. The Balaban J connectivity index is 1.63. The Morgan fingerprint density at radius 1 is 1.30 bits per heavy atom. The Morgan fingerprint density at radius 2 is 2.04 bits per heavy atom. The van der Waals surface area contributed by atoms with Crippen molar-refractivity contribution in [2.75, 3.05) is 26.7 Å². The lowest BCUT2D eigenvalue weighted by molar-refractivity contribution is -0.122. The van der Waals surface area contributed by atoms with Gasteiger partial charge in [-0.3, -0.25) is 9.69 Å². The Labute approximate surface area is 146 Å². The van der Waals surface area contributed by atoms with Gasteiger partial charge in [0.25, 0.3) is 0 Å². The molecule has 1 aromatic carbocycles. The highest BCUT2D eigenvalue weighted by molar-refractivity contribution is 7.10. The summed E-state index contributed by atoms with van der Waals surface area (Å²) >= 11 is 7.53. The zero-order chi connectivity index (χ0) is 16.7. The molecule has 0 saturated heterocycles. The summed E-state index contributed by atoms with van der Waals surface area (Å²) in [5.41, 5.74) is 1.28. The lowest BCUT2D eigenvalue weighted by Gasteiger charge is -2.16. The Morgan fingerprint density at radius 3 is 2.70 bits per heavy atom. The topological polar surface area (TPSA) is 41.6 Å². The SMILES string of the molecule is Cc1ccsc1CN(C)CC(=O)NCCOc1ccc(Cl)cc1. The van der Waals surface area contributed by atoms with Crippen molar-refractivity contribution in [1.82, 2.24) is 10.2 Å². The number of benzene rings is 1. The van der Waals surface area contributed by atoms with Gasteiger partial charge in [-0.1, -0.05) is 11.6 Å². The minimum atomic E-state index is 0.00131. The maximum Gasteiger partial charge on any atom is 0.234 e. The standard InChI is InChI=1S/C17H21ClN2O2S/c1-13-7-10-23-16(13)11-20(2)12-17(21)19-8-9-22-15-5-3-14(18)4-6-15/h3-7,10H,8-9,11-12H2,1-2H3,(H,19,21). The second-order valence-corrected chi connectivity index (χ2v) is 6.79. The second kappa shape index (κ2) is 8.91. The molecule has 0 atom stereocenters. The van der Waals surface area contributed by atoms with E-state index in [4.69, 9.17) is 16.3 Å². The van der Waals surface area contributed by atoms with Crippen LogP contribution in [0.15, 0.2) is 35.7 Å². The smallest absolute Gasteiger partial charge is 0.234 e. The van der Waals surface area contributed by atoms with Gasteiger partial charge in [-0.15, -0.1) is 11.3 Å². The summed E-state index contributed by atoms with van der Waals surface area (Å²) in [6.07, 6.45) is 0. The number of amides is 1. The van der Waals surface area contributed by atoms with Crippen molar-refractivity contribution in [1.29, 1.82) is 0 Å². The van der Waals surface area contributed by atoms with Crippen LogP contribution in [-0.4, -0.2) is 37.6 Å². The number of aryl methyl sites for hydroxylation is 1. The van der Waals surface area contributed by atoms with Gasteiger partial charge in [0.1, 0.15) is 12.4 Å². The average molecular weight is 353 g/mol. The van der Waals surface area contributed by atoms with Gasteiger partial charge < -0.3 is 10.1 Å². The summed E-state index contributed by atoms with van der Waals surface area (Å²) in [4.78, 5) is 15.2. The van der Waals surface area contributed by atoms with E-state index >= 15 is 0 Å². The molecular formula is C17H21ClN2O2S. The van der Waals surface area contributed by atoms with E-state index in [9.17, 15) is 4.79 Å². The second-order valence-electron chi connectivity index (χ2n) is 5.35. The highest BCUT2D eigenvalue weighted by Crippen LogP contribution is 2.17. The molecule has 23 heavy (non-hydrogen) atoms. The Kier molecular flexibility index (Phi) is 6.89. The number of carbonyl (C=O) groups is 1. The van der Waals surface area contributed by atoms with Crippen LogP contribution >= 0.6 is 22.9 Å². The van der Waals surface area contributed by atoms with Crippen LogP contribution < -0.4 is 10.1 Å². The first-order valence-corrected chi connectivity index (χ1v) is 8.67. The number of nitrogens with one attached hydrogen (secondary N) is 1. The lowest BCUT2D eigenvalue weighted by atomic mass is 10.3. The summed E-state index contributed by atoms with van der Waals surface area (Å²) in [6, 6.07) is 9.26. The molecule has 0 aliphatic carbocycles. The van der Waals surface area contributed by atoms with E-state index in [0.29, 0.717) is 24.7 Å². The molecule has 0 saturated carbocycles. The third-order valence-electron chi connectivity index (χ3n) is 3.30. The number of hydrogen-bond donors (Lipinski definition) is 1.